The van der Waals surface area contributed by atoms with E-state index in [0.29, 0.717) is 18.8 Å². The molecule has 2 aliphatic heterocycles. The number of carbonyl (C=O) groups is 1. The van der Waals surface area contributed by atoms with Gasteiger partial charge >= 0.3 is 6.03 Å². The molecule has 6 heteroatoms. The smallest absolute Gasteiger partial charge is 0.321 e. The molecule has 1 aromatic carbocycles. The Kier molecular flexibility index (Phi) is 6.04. The predicted octanol–water partition coefficient (Wildman–Crippen LogP) is 2.93. The third-order valence-corrected chi connectivity index (χ3v) is 4.72. The summed E-state index contributed by atoms with van der Waals surface area (Å²) in [4.78, 5) is 16.4. The molecule has 2 saturated heterocycles. The second-order valence-electron chi connectivity index (χ2n) is 6.57. The molecule has 0 aromatic heterocycles. The van der Waals surface area contributed by atoms with E-state index in [2.05, 4.69) is 10.2 Å². The molecule has 3 rings (SSSR count). The van der Waals surface area contributed by atoms with Gasteiger partial charge in [0, 0.05) is 25.3 Å². The lowest BCUT2D eigenvalue weighted by atomic mass is 10.1. The van der Waals surface area contributed by atoms with E-state index in [-0.39, 0.29) is 18.0 Å². The van der Waals surface area contributed by atoms with E-state index in [0.717, 1.165) is 19.6 Å². The Morgan fingerprint density at radius 2 is 2.08 bits per heavy atom. The van der Waals surface area contributed by atoms with E-state index in [1.807, 2.05) is 0 Å². The molecule has 5 nitrogen and oxygen atoms in total. The topological polar surface area (TPSA) is 44.8 Å². The molecule has 0 radical (unpaired) electrons. The molecule has 132 valence electrons. The Bertz CT molecular complexity index is 549. The van der Waals surface area contributed by atoms with E-state index in [1.165, 1.54) is 44.5 Å². The lowest BCUT2D eigenvalue weighted by Gasteiger charge is -2.26. The van der Waals surface area contributed by atoms with Crippen molar-refractivity contribution in [2.24, 2.45) is 0 Å². The van der Waals surface area contributed by atoms with Crippen molar-refractivity contribution in [1.29, 1.82) is 0 Å². The van der Waals surface area contributed by atoms with Gasteiger partial charge < -0.3 is 19.9 Å². The fraction of sp³-hybridized carbons (Fsp3) is 0.611. The summed E-state index contributed by atoms with van der Waals surface area (Å²) in [5.41, 5.74) is 0.481. The summed E-state index contributed by atoms with van der Waals surface area (Å²) in [6.45, 7) is 5.33. The first-order valence-corrected chi connectivity index (χ1v) is 8.86. The van der Waals surface area contributed by atoms with Gasteiger partial charge in [0.1, 0.15) is 5.82 Å². The van der Waals surface area contributed by atoms with E-state index >= 15 is 0 Å². The number of carbonyl (C=O) groups excluding carboxylic acids is 1. The number of rotatable bonds is 5. The zero-order valence-electron chi connectivity index (χ0n) is 14.0. The molecule has 0 saturated carbocycles. The van der Waals surface area contributed by atoms with Crippen molar-refractivity contribution < 1.29 is 13.9 Å². The molecule has 0 bridgehead atoms. The minimum Gasteiger partial charge on any atom is -0.375 e. The predicted molar refractivity (Wildman–Crippen MR) is 91.6 cm³/mol. The number of ether oxygens (including phenoxy) is 1. The van der Waals surface area contributed by atoms with Gasteiger partial charge in [-0.1, -0.05) is 12.5 Å². The average molecular weight is 335 g/mol. The van der Waals surface area contributed by atoms with Crippen LogP contribution >= 0.6 is 0 Å². The molecular weight excluding hydrogens is 309 g/mol. The summed E-state index contributed by atoms with van der Waals surface area (Å²) in [5, 5.41) is 2.74. The Balaban J connectivity index is 1.37. The minimum atomic E-state index is -0.354. The number of nitrogens with one attached hydrogen (secondary N) is 1. The Hall–Kier alpha value is -1.66. The maximum absolute atomic E-state index is 13.2. The van der Waals surface area contributed by atoms with Gasteiger partial charge in [-0.25, -0.2) is 9.18 Å². The number of likely N-dealkylation sites (tertiary alicyclic amines) is 2. The van der Waals surface area contributed by atoms with Crippen molar-refractivity contribution in [3.63, 3.8) is 0 Å². The lowest BCUT2D eigenvalue weighted by molar-refractivity contribution is 0.0416. The summed E-state index contributed by atoms with van der Waals surface area (Å²) in [6, 6.07) is 5.76. The number of urea groups is 1. The zero-order chi connectivity index (χ0) is 16.8. The number of benzene rings is 1. The van der Waals surface area contributed by atoms with Gasteiger partial charge in [-0.15, -0.1) is 0 Å². The van der Waals surface area contributed by atoms with E-state index in [9.17, 15) is 9.18 Å². The number of nitrogens with zero attached hydrogens (tertiary/aromatic N) is 2. The Morgan fingerprint density at radius 3 is 2.88 bits per heavy atom. The molecule has 1 atom stereocenters. The molecule has 2 aliphatic rings. The molecular formula is C18H26FN3O2. The highest BCUT2D eigenvalue weighted by atomic mass is 19.1. The van der Waals surface area contributed by atoms with Crippen LogP contribution in [0.15, 0.2) is 24.3 Å². The van der Waals surface area contributed by atoms with Crippen LogP contribution in [0.4, 0.5) is 14.9 Å². The Morgan fingerprint density at radius 1 is 1.25 bits per heavy atom. The molecule has 2 fully saturated rings. The fourth-order valence-electron chi connectivity index (χ4n) is 3.35. The number of halogens is 1. The second kappa shape index (κ2) is 8.44. The third kappa shape index (κ3) is 4.92. The average Bonchev–Trinajstić information content (AvgIpc) is 3.05. The second-order valence-corrected chi connectivity index (χ2v) is 6.57. The van der Waals surface area contributed by atoms with E-state index in [4.69, 9.17) is 4.74 Å². The van der Waals surface area contributed by atoms with Crippen LogP contribution < -0.4 is 5.32 Å². The van der Waals surface area contributed by atoms with Crippen molar-refractivity contribution in [3.8, 4) is 0 Å². The fourth-order valence-corrected chi connectivity index (χ4v) is 3.35. The van der Waals surface area contributed by atoms with Gasteiger partial charge in [0.25, 0.3) is 0 Å². The van der Waals surface area contributed by atoms with E-state index in [1.54, 1.807) is 17.0 Å². The monoisotopic (exact) mass is 335 g/mol. The maximum atomic E-state index is 13.2. The van der Waals surface area contributed by atoms with Crippen LogP contribution in [0.3, 0.4) is 0 Å². The number of hydrogen-bond donors (Lipinski definition) is 1. The summed E-state index contributed by atoms with van der Waals surface area (Å²) < 4.78 is 19.1. The van der Waals surface area contributed by atoms with Crippen molar-refractivity contribution in [2.45, 2.75) is 31.8 Å². The highest BCUT2D eigenvalue weighted by Crippen LogP contribution is 2.16. The molecule has 0 spiro atoms. The SMILES string of the molecule is O=C(Nc1cccc(F)c1)N1CC[C@@H](OCCN2CCCCC2)C1. The first-order valence-electron chi connectivity index (χ1n) is 8.86. The summed E-state index contributed by atoms with van der Waals surface area (Å²) in [7, 11) is 0. The highest BCUT2D eigenvalue weighted by Gasteiger charge is 2.27. The van der Waals surface area contributed by atoms with Gasteiger partial charge in [0.2, 0.25) is 0 Å². The molecule has 24 heavy (non-hydrogen) atoms. The van der Waals surface area contributed by atoms with Crippen LogP contribution in [-0.4, -0.2) is 61.3 Å². The minimum absolute atomic E-state index is 0.105. The highest BCUT2D eigenvalue weighted by molar-refractivity contribution is 5.89. The van der Waals surface area contributed by atoms with Crippen LogP contribution in [0.5, 0.6) is 0 Å². The molecule has 0 unspecified atom stereocenters. The lowest BCUT2D eigenvalue weighted by Crippen LogP contribution is -2.35. The third-order valence-electron chi connectivity index (χ3n) is 4.72. The summed E-state index contributed by atoms with van der Waals surface area (Å²) in [6.07, 6.45) is 4.88. The first kappa shape index (κ1) is 17.2. The summed E-state index contributed by atoms with van der Waals surface area (Å²) in [5.74, 6) is -0.354. The Labute approximate surface area is 142 Å². The van der Waals surface area contributed by atoms with Crippen molar-refractivity contribution in [1.82, 2.24) is 9.80 Å². The van der Waals surface area contributed by atoms with Crippen LogP contribution in [0.1, 0.15) is 25.7 Å². The molecule has 2 amide bonds. The van der Waals surface area contributed by atoms with Gasteiger partial charge in [-0.2, -0.15) is 0 Å². The largest absolute Gasteiger partial charge is 0.375 e. The first-order chi connectivity index (χ1) is 11.7. The van der Waals surface area contributed by atoms with Gasteiger partial charge in [0.15, 0.2) is 0 Å². The maximum Gasteiger partial charge on any atom is 0.321 e. The van der Waals surface area contributed by atoms with Crippen LogP contribution in [0.2, 0.25) is 0 Å². The number of amides is 2. The van der Waals surface area contributed by atoms with E-state index < -0.39 is 0 Å². The molecule has 2 heterocycles. The quantitative estimate of drug-likeness (QED) is 0.900. The van der Waals surface area contributed by atoms with Gasteiger partial charge in [-0.3, -0.25) is 0 Å². The molecule has 1 aromatic rings. The molecule has 1 N–H and O–H groups in total. The van der Waals surface area contributed by atoms with Crippen LogP contribution in [0.25, 0.3) is 0 Å². The number of anilines is 1. The molecule has 0 aliphatic carbocycles. The normalized spacial score (nSPS) is 21.9. The van der Waals surface area contributed by atoms with Gasteiger partial charge in [0.05, 0.1) is 12.7 Å². The van der Waals surface area contributed by atoms with Gasteiger partial charge in [-0.05, 0) is 50.6 Å². The van der Waals surface area contributed by atoms with Crippen molar-refractivity contribution in [3.05, 3.63) is 30.1 Å². The van der Waals surface area contributed by atoms with Crippen molar-refractivity contribution in [2.75, 3.05) is 44.6 Å². The van der Waals surface area contributed by atoms with Crippen LogP contribution in [-0.2, 0) is 4.74 Å². The van der Waals surface area contributed by atoms with Crippen LogP contribution in [0, 0.1) is 5.82 Å². The summed E-state index contributed by atoms with van der Waals surface area (Å²) >= 11 is 0. The zero-order valence-corrected chi connectivity index (χ0v) is 14.0. The standard InChI is InChI=1S/C18H26FN3O2/c19-15-5-4-6-16(13-15)20-18(23)22-10-7-17(14-22)24-12-11-21-8-2-1-3-9-21/h4-6,13,17H,1-3,7-12,14H2,(H,20,23)/t17-/m1/s1. The number of hydrogen-bond acceptors (Lipinski definition) is 3. The van der Waals surface area contributed by atoms with Crippen molar-refractivity contribution >= 4 is 11.7 Å². The number of piperidine rings is 1.